The van der Waals surface area contributed by atoms with Gasteiger partial charge in [0.2, 0.25) is 10.0 Å². The monoisotopic (exact) mass is 464 g/mol. The van der Waals surface area contributed by atoms with Crippen LogP contribution in [-0.4, -0.2) is 47.4 Å². The van der Waals surface area contributed by atoms with Crippen molar-refractivity contribution < 1.29 is 21.6 Å². The van der Waals surface area contributed by atoms with Gasteiger partial charge in [0.15, 0.2) is 0 Å². The highest BCUT2D eigenvalue weighted by atomic mass is 35.5. The Morgan fingerprint density at radius 1 is 0.964 bits per heavy atom. The maximum Gasteiger partial charge on any atom is 0.263 e. The van der Waals surface area contributed by atoms with E-state index in [4.69, 9.17) is 27.9 Å². The molecule has 7 nitrogen and oxygen atoms in total. The maximum atomic E-state index is 12.9. The summed E-state index contributed by atoms with van der Waals surface area (Å²) in [6, 6.07) is 8.42. The van der Waals surface area contributed by atoms with Gasteiger partial charge in [0.25, 0.3) is 10.0 Å². The smallest absolute Gasteiger partial charge is 0.263 e. The molecule has 28 heavy (non-hydrogen) atoms. The van der Waals surface area contributed by atoms with Crippen molar-refractivity contribution >= 4 is 48.9 Å². The first kappa shape index (κ1) is 21.4. The molecule has 3 rings (SSSR count). The molecule has 0 unspecified atom stereocenters. The molecule has 0 aromatic heterocycles. The Hall–Kier alpha value is -1.36. The molecule has 2 aromatic rings. The van der Waals surface area contributed by atoms with Gasteiger partial charge in [-0.15, -0.1) is 0 Å². The van der Waals surface area contributed by atoms with E-state index in [1.165, 1.54) is 34.6 Å². The van der Waals surface area contributed by atoms with E-state index in [1.807, 2.05) is 0 Å². The number of rotatable bonds is 5. The fraction of sp³-hybridized carbons (Fsp3) is 0.294. The molecule has 152 valence electrons. The lowest BCUT2D eigenvalue weighted by atomic mass is 10.2. The predicted octanol–water partition coefficient (Wildman–Crippen LogP) is 3.12. The van der Waals surface area contributed by atoms with Crippen molar-refractivity contribution in [2.24, 2.45) is 0 Å². The van der Waals surface area contributed by atoms with Crippen molar-refractivity contribution in [3.8, 4) is 0 Å². The predicted molar refractivity (Wildman–Crippen MR) is 108 cm³/mol. The summed E-state index contributed by atoms with van der Waals surface area (Å²) in [7, 11) is -7.84. The Bertz CT molecular complexity index is 1100. The minimum atomic E-state index is -4.06. The summed E-state index contributed by atoms with van der Waals surface area (Å²) in [5.41, 5.74) is 0.615. The van der Waals surface area contributed by atoms with E-state index in [1.54, 1.807) is 13.0 Å². The van der Waals surface area contributed by atoms with Crippen LogP contribution in [0.4, 0.5) is 5.69 Å². The zero-order chi connectivity index (χ0) is 20.5. The van der Waals surface area contributed by atoms with Gasteiger partial charge in [-0.1, -0.05) is 29.3 Å². The van der Waals surface area contributed by atoms with Crippen LogP contribution in [0, 0.1) is 6.92 Å². The Kier molecular flexibility index (Phi) is 6.23. The average Bonchev–Trinajstić information content (AvgIpc) is 2.65. The molecule has 1 saturated heterocycles. The fourth-order valence-corrected chi connectivity index (χ4v) is 6.23. The molecule has 0 atom stereocenters. The van der Waals surface area contributed by atoms with E-state index in [0.717, 1.165) is 0 Å². The van der Waals surface area contributed by atoms with Crippen molar-refractivity contribution in [3.63, 3.8) is 0 Å². The molecule has 11 heteroatoms. The van der Waals surface area contributed by atoms with Crippen LogP contribution in [0.15, 0.2) is 46.2 Å². The van der Waals surface area contributed by atoms with Gasteiger partial charge in [-0.05, 0) is 42.8 Å². The van der Waals surface area contributed by atoms with Crippen LogP contribution in [0.25, 0.3) is 0 Å². The van der Waals surface area contributed by atoms with E-state index < -0.39 is 20.0 Å². The molecule has 0 saturated carbocycles. The number of halogens is 2. The van der Waals surface area contributed by atoms with Crippen LogP contribution in [0.2, 0.25) is 10.0 Å². The fourth-order valence-electron chi connectivity index (χ4n) is 2.76. The van der Waals surface area contributed by atoms with Crippen LogP contribution in [0.3, 0.4) is 0 Å². The highest BCUT2D eigenvalue weighted by Crippen LogP contribution is 2.29. The first-order valence-corrected chi connectivity index (χ1v) is 12.0. The second-order valence-corrected chi connectivity index (χ2v) is 10.6. The lowest BCUT2D eigenvalue weighted by Crippen LogP contribution is -2.40. The molecule has 2 aromatic carbocycles. The second-order valence-electron chi connectivity index (χ2n) is 6.18. The Morgan fingerprint density at radius 3 is 2.32 bits per heavy atom. The van der Waals surface area contributed by atoms with Gasteiger partial charge in [0.05, 0.1) is 28.8 Å². The molecule has 1 fully saturated rings. The highest BCUT2D eigenvalue weighted by Gasteiger charge is 2.28. The number of hydrogen-bond acceptors (Lipinski definition) is 5. The second kappa shape index (κ2) is 8.17. The number of hydrogen-bond donors (Lipinski definition) is 1. The molecule has 0 bridgehead atoms. The van der Waals surface area contributed by atoms with Gasteiger partial charge < -0.3 is 4.74 Å². The van der Waals surface area contributed by atoms with E-state index >= 15 is 0 Å². The Morgan fingerprint density at radius 2 is 1.64 bits per heavy atom. The zero-order valence-electron chi connectivity index (χ0n) is 14.9. The molecule has 0 aliphatic carbocycles. The third kappa shape index (κ3) is 4.45. The van der Waals surface area contributed by atoms with Gasteiger partial charge >= 0.3 is 0 Å². The lowest BCUT2D eigenvalue weighted by Gasteiger charge is -2.27. The van der Waals surface area contributed by atoms with Gasteiger partial charge in [0.1, 0.15) is 4.90 Å². The van der Waals surface area contributed by atoms with Crippen LogP contribution in [0.5, 0.6) is 0 Å². The van der Waals surface area contributed by atoms with Crippen LogP contribution >= 0.6 is 23.2 Å². The Balaban J connectivity index is 1.96. The molecular formula is C17H18Cl2N2O5S2. The minimum Gasteiger partial charge on any atom is -0.379 e. The SMILES string of the molecule is Cc1ccc(NS(=O)(=O)c2cc(Cl)ccc2Cl)cc1S(=O)(=O)N1CCOCC1. The Labute approximate surface area is 174 Å². The summed E-state index contributed by atoms with van der Waals surface area (Å²) >= 11 is 11.9. The first-order chi connectivity index (χ1) is 13.1. The molecular weight excluding hydrogens is 447 g/mol. The summed E-state index contributed by atoms with van der Waals surface area (Å²) in [6.07, 6.45) is 0. The molecule has 0 radical (unpaired) electrons. The quantitative estimate of drug-likeness (QED) is 0.733. The van der Waals surface area contributed by atoms with Crippen molar-refractivity contribution in [3.05, 3.63) is 52.0 Å². The minimum absolute atomic E-state index is 0.00479. The summed E-state index contributed by atoms with van der Waals surface area (Å²) in [6.45, 7) is 2.78. The number of ether oxygens (including phenoxy) is 1. The summed E-state index contributed by atoms with van der Waals surface area (Å²) in [5.74, 6) is 0. The normalized spacial score (nSPS) is 16.1. The lowest BCUT2D eigenvalue weighted by molar-refractivity contribution is 0.0730. The molecule has 1 aliphatic rings. The third-order valence-electron chi connectivity index (χ3n) is 4.21. The van der Waals surface area contributed by atoms with Crippen molar-refractivity contribution in [1.29, 1.82) is 0 Å². The highest BCUT2D eigenvalue weighted by molar-refractivity contribution is 7.93. The van der Waals surface area contributed by atoms with Crippen LogP contribution < -0.4 is 4.72 Å². The van der Waals surface area contributed by atoms with E-state index in [0.29, 0.717) is 18.8 Å². The van der Waals surface area contributed by atoms with Crippen LogP contribution in [-0.2, 0) is 24.8 Å². The largest absolute Gasteiger partial charge is 0.379 e. The first-order valence-electron chi connectivity index (χ1n) is 8.28. The van der Waals surface area contributed by atoms with Crippen molar-refractivity contribution in [2.75, 3.05) is 31.0 Å². The number of benzene rings is 2. The van der Waals surface area contributed by atoms with Gasteiger partial charge in [0, 0.05) is 18.1 Å². The average molecular weight is 465 g/mol. The number of anilines is 1. The molecule has 0 amide bonds. The van der Waals surface area contributed by atoms with Crippen molar-refractivity contribution in [2.45, 2.75) is 16.7 Å². The number of sulfonamides is 2. The van der Waals surface area contributed by atoms with Gasteiger partial charge in [-0.2, -0.15) is 4.31 Å². The third-order valence-corrected chi connectivity index (χ3v) is 8.35. The summed E-state index contributed by atoms with van der Waals surface area (Å²) < 4.78 is 60.2. The van der Waals surface area contributed by atoms with Crippen LogP contribution in [0.1, 0.15) is 5.56 Å². The molecule has 1 aliphatic heterocycles. The summed E-state index contributed by atoms with van der Waals surface area (Å²) in [4.78, 5) is -0.161. The number of nitrogens with one attached hydrogen (secondary N) is 1. The van der Waals surface area contributed by atoms with Gasteiger partial charge in [-0.3, -0.25) is 4.72 Å². The topological polar surface area (TPSA) is 92.8 Å². The maximum absolute atomic E-state index is 12.9. The van der Waals surface area contributed by atoms with E-state index in [9.17, 15) is 16.8 Å². The standard InChI is InChI=1S/C17H18Cl2N2O5S2/c1-12-2-4-14(11-16(12)28(24,25)21-6-8-26-9-7-21)20-27(22,23)17-10-13(18)3-5-15(17)19/h2-5,10-11,20H,6-9H2,1H3. The zero-order valence-corrected chi connectivity index (χ0v) is 18.0. The number of morpholine rings is 1. The van der Waals surface area contributed by atoms with E-state index in [2.05, 4.69) is 4.72 Å². The van der Waals surface area contributed by atoms with E-state index in [-0.39, 0.29) is 38.6 Å². The number of nitrogens with zero attached hydrogens (tertiary/aromatic N) is 1. The molecule has 1 heterocycles. The van der Waals surface area contributed by atoms with Gasteiger partial charge in [-0.25, -0.2) is 16.8 Å². The summed E-state index contributed by atoms with van der Waals surface area (Å²) in [5, 5.41) is 0.217. The molecule has 0 spiro atoms. The number of aryl methyl sites for hydroxylation is 1. The molecule has 1 N–H and O–H groups in total. The van der Waals surface area contributed by atoms with Crippen molar-refractivity contribution in [1.82, 2.24) is 4.31 Å².